The monoisotopic (exact) mass is 484 g/mol. The summed E-state index contributed by atoms with van der Waals surface area (Å²) < 4.78 is 17.7. The summed E-state index contributed by atoms with van der Waals surface area (Å²) in [5, 5.41) is 0.743. The van der Waals surface area contributed by atoms with E-state index in [0.29, 0.717) is 32.0 Å². The number of esters is 1. The fraction of sp³-hybridized carbons (Fsp3) is 0.0435. The molecule has 0 saturated heterocycles. The zero-order valence-electron chi connectivity index (χ0n) is 15.6. The second-order valence-corrected chi connectivity index (χ2v) is 7.70. The standard InChI is InChI=1S/C23H14BrClO5/c1-13-22(30-19-8-3-2-7-18(19)24)21(26)17-10-9-16(12-20(17)28-13)29-23(27)14-5-4-6-15(25)11-14/h2-12H,1H3. The molecule has 7 heteroatoms. The molecule has 1 aromatic heterocycles. The van der Waals surface area contributed by atoms with E-state index in [4.69, 9.17) is 25.5 Å². The van der Waals surface area contributed by atoms with Crippen molar-refractivity contribution >= 4 is 44.5 Å². The average Bonchev–Trinajstić information content (AvgIpc) is 2.72. The van der Waals surface area contributed by atoms with Crippen LogP contribution in [0.5, 0.6) is 17.2 Å². The highest BCUT2D eigenvalue weighted by Crippen LogP contribution is 2.31. The number of benzene rings is 3. The fourth-order valence-corrected chi connectivity index (χ4v) is 3.42. The van der Waals surface area contributed by atoms with Gasteiger partial charge in [-0.1, -0.05) is 29.8 Å². The summed E-state index contributed by atoms with van der Waals surface area (Å²) in [6, 6.07) is 18.2. The second-order valence-electron chi connectivity index (χ2n) is 6.41. The molecule has 0 radical (unpaired) electrons. The second kappa shape index (κ2) is 8.34. The van der Waals surface area contributed by atoms with Gasteiger partial charge in [0.1, 0.15) is 22.8 Å². The molecule has 30 heavy (non-hydrogen) atoms. The van der Waals surface area contributed by atoms with Crippen LogP contribution < -0.4 is 14.9 Å². The zero-order chi connectivity index (χ0) is 21.3. The molecule has 1 heterocycles. The van der Waals surface area contributed by atoms with Gasteiger partial charge in [0.25, 0.3) is 0 Å². The molecular weight excluding hydrogens is 472 g/mol. The van der Waals surface area contributed by atoms with Gasteiger partial charge in [0.05, 0.1) is 15.4 Å². The highest BCUT2D eigenvalue weighted by Gasteiger charge is 2.16. The zero-order valence-corrected chi connectivity index (χ0v) is 18.0. The number of carbonyl (C=O) groups excluding carboxylic acids is 1. The van der Waals surface area contributed by atoms with Gasteiger partial charge >= 0.3 is 5.97 Å². The van der Waals surface area contributed by atoms with Crippen molar-refractivity contribution in [2.24, 2.45) is 0 Å². The largest absolute Gasteiger partial charge is 0.457 e. The van der Waals surface area contributed by atoms with E-state index >= 15 is 0 Å². The van der Waals surface area contributed by atoms with Crippen LogP contribution in [0.2, 0.25) is 5.02 Å². The van der Waals surface area contributed by atoms with Gasteiger partial charge in [-0.05, 0) is 65.3 Å². The Labute approximate surface area is 184 Å². The first-order chi connectivity index (χ1) is 14.4. The fourth-order valence-electron chi connectivity index (χ4n) is 2.87. The van der Waals surface area contributed by atoms with E-state index in [9.17, 15) is 9.59 Å². The van der Waals surface area contributed by atoms with Crippen LogP contribution in [0.25, 0.3) is 11.0 Å². The molecule has 0 aliphatic heterocycles. The topological polar surface area (TPSA) is 65.7 Å². The number of carbonyl (C=O) groups is 1. The third-order valence-electron chi connectivity index (χ3n) is 4.31. The summed E-state index contributed by atoms with van der Waals surface area (Å²) in [5.41, 5.74) is 0.281. The van der Waals surface area contributed by atoms with E-state index in [-0.39, 0.29) is 22.5 Å². The van der Waals surface area contributed by atoms with Gasteiger partial charge in [0.15, 0.2) is 0 Å². The predicted octanol–water partition coefficient (Wildman–Crippen LogP) is 6.53. The van der Waals surface area contributed by atoms with Gasteiger partial charge in [-0.2, -0.15) is 0 Å². The minimum absolute atomic E-state index is 0.0954. The minimum Gasteiger partial charge on any atom is -0.457 e. The normalized spacial score (nSPS) is 10.8. The Bertz CT molecular complexity index is 1330. The van der Waals surface area contributed by atoms with Crippen LogP contribution >= 0.6 is 27.5 Å². The Kier molecular flexibility index (Phi) is 5.61. The molecule has 0 atom stereocenters. The van der Waals surface area contributed by atoms with E-state index in [1.807, 2.05) is 12.1 Å². The third kappa shape index (κ3) is 4.10. The van der Waals surface area contributed by atoms with Crippen LogP contribution in [0, 0.1) is 6.92 Å². The first-order valence-corrected chi connectivity index (χ1v) is 10.1. The van der Waals surface area contributed by atoms with Crippen molar-refractivity contribution in [1.29, 1.82) is 0 Å². The lowest BCUT2D eigenvalue weighted by molar-refractivity contribution is 0.0735. The number of hydrogen-bond donors (Lipinski definition) is 0. The summed E-state index contributed by atoms with van der Waals surface area (Å²) in [4.78, 5) is 25.3. The Balaban J connectivity index is 1.67. The molecule has 0 unspecified atom stereocenters. The molecular formula is C23H14BrClO5. The number of rotatable bonds is 4. The van der Waals surface area contributed by atoms with Crippen LogP contribution in [0.3, 0.4) is 0 Å². The number of aryl methyl sites for hydroxylation is 1. The van der Waals surface area contributed by atoms with Crippen LogP contribution in [-0.4, -0.2) is 5.97 Å². The average molecular weight is 486 g/mol. The molecule has 4 aromatic rings. The van der Waals surface area contributed by atoms with Crippen molar-refractivity contribution in [3.05, 3.63) is 97.8 Å². The molecule has 0 fully saturated rings. The lowest BCUT2D eigenvalue weighted by atomic mass is 10.2. The lowest BCUT2D eigenvalue weighted by Gasteiger charge is -2.11. The molecule has 150 valence electrons. The Morgan fingerprint density at radius 3 is 2.60 bits per heavy atom. The lowest BCUT2D eigenvalue weighted by Crippen LogP contribution is -2.10. The van der Waals surface area contributed by atoms with Gasteiger partial charge in [-0.25, -0.2) is 4.79 Å². The number of hydrogen-bond acceptors (Lipinski definition) is 5. The van der Waals surface area contributed by atoms with Crippen molar-refractivity contribution in [3.8, 4) is 17.2 Å². The maximum Gasteiger partial charge on any atom is 0.343 e. The molecule has 5 nitrogen and oxygen atoms in total. The SMILES string of the molecule is Cc1oc2cc(OC(=O)c3cccc(Cl)c3)ccc2c(=O)c1Oc1ccccc1Br. The maximum atomic E-state index is 12.9. The maximum absolute atomic E-state index is 12.9. The third-order valence-corrected chi connectivity index (χ3v) is 5.20. The predicted molar refractivity (Wildman–Crippen MR) is 118 cm³/mol. The van der Waals surface area contributed by atoms with E-state index in [0.717, 1.165) is 0 Å². The Hall–Kier alpha value is -3.09. The molecule has 0 amide bonds. The van der Waals surface area contributed by atoms with Crippen LogP contribution in [0.1, 0.15) is 16.1 Å². The quantitative estimate of drug-likeness (QED) is 0.243. The van der Waals surface area contributed by atoms with Crippen molar-refractivity contribution in [2.45, 2.75) is 6.92 Å². The van der Waals surface area contributed by atoms with Crippen LogP contribution in [0.15, 0.2) is 80.4 Å². The summed E-state index contributed by atoms with van der Waals surface area (Å²) in [7, 11) is 0. The molecule has 0 bridgehead atoms. The highest BCUT2D eigenvalue weighted by atomic mass is 79.9. The van der Waals surface area contributed by atoms with Gasteiger partial charge in [0.2, 0.25) is 11.2 Å². The molecule has 0 spiro atoms. The molecule has 4 rings (SSSR count). The molecule has 0 N–H and O–H groups in total. The Morgan fingerprint density at radius 1 is 1.03 bits per heavy atom. The first-order valence-electron chi connectivity index (χ1n) is 8.90. The Morgan fingerprint density at radius 2 is 1.83 bits per heavy atom. The van der Waals surface area contributed by atoms with Crippen LogP contribution in [-0.2, 0) is 0 Å². The van der Waals surface area contributed by atoms with Crippen molar-refractivity contribution in [3.63, 3.8) is 0 Å². The van der Waals surface area contributed by atoms with Crippen LogP contribution in [0.4, 0.5) is 0 Å². The first kappa shape index (κ1) is 20.2. The highest BCUT2D eigenvalue weighted by molar-refractivity contribution is 9.10. The van der Waals surface area contributed by atoms with Gasteiger partial charge in [0, 0.05) is 11.1 Å². The summed E-state index contributed by atoms with van der Waals surface area (Å²) >= 11 is 9.31. The van der Waals surface area contributed by atoms with Gasteiger partial charge in [-0.15, -0.1) is 0 Å². The molecule has 0 aliphatic carbocycles. The van der Waals surface area contributed by atoms with Crippen molar-refractivity contribution < 1.29 is 18.7 Å². The molecule has 3 aromatic carbocycles. The van der Waals surface area contributed by atoms with Crippen molar-refractivity contribution in [1.82, 2.24) is 0 Å². The van der Waals surface area contributed by atoms with Gasteiger partial charge in [-0.3, -0.25) is 4.79 Å². The number of para-hydroxylation sites is 1. The molecule has 0 saturated carbocycles. The summed E-state index contributed by atoms with van der Waals surface area (Å²) in [5.74, 6) is 0.582. The van der Waals surface area contributed by atoms with E-state index < -0.39 is 5.97 Å². The van der Waals surface area contributed by atoms with E-state index in [1.165, 1.54) is 24.3 Å². The minimum atomic E-state index is -0.565. The van der Waals surface area contributed by atoms with Crippen molar-refractivity contribution in [2.75, 3.05) is 0 Å². The molecule has 0 aliphatic rings. The summed E-state index contributed by atoms with van der Waals surface area (Å²) in [6.45, 7) is 1.64. The van der Waals surface area contributed by atoms with Gasteiger partial charge < -0.3 is 13.9 Å². The van der Waals surface area contributed by atoms with E-state index in [1.54, 1.807) is 37.3 Å². The smallest absolute Gasteiger partial charge is 0.343 e. The van der Waals surface area contributed by atoms with E-state index in [2.05, 4.69) is 15.9 Å². The number of ether oxygens (including phenoxy) is 2. The summed E-state index contributed by atoms with van der Waals surface area (Å²) in [6.07, 6.45) is 0. The number of fused-ring (bicyclic) bond motifs is 1. The number of halogens is 2.